The van der Waals surface area contributed by atoms with Crippen LogP contribution in [0, 0.1) is 5.92 Å². The zero-order chi connectivity index (χ0) is 15.6. The number of urea groups is 1. The highest BCUT2D eigenvalue weighted by Crippen LogP contribution is 2.39. The maximum Gasteiger partial charge on any atom is 0.336 e. The summed E-state index contributed by atoms with van der Waals surface area (Å²) < 4.78 is 9.82. The zero-order valence-corrected chi connectivity index (χ0v) is 12.1. The molecule has 0 radical (unpaired) electrons. The molecule has 2 fully saturated rings. The van der Waals surface area contributed by atoms with E-state index in [0.717, 1.165) is 12.8 Å². The largest absolute Gasteiger partial charge is 0.480 e. The number of aliphatic carboxylic acids is 1. The van der Waals surface area contributed by atoms with Crippen molar-refractivity contribution in [3.05, 3.63) is 0 Å². The molecule has 0 aromatic rings. The Bertz CT molecular complexity index is 450. The van der Waals surface area contributed by atoms with Crippen molar-refractivity contribution in [2.75, 3.05) is 26.8 Å². The summed E-state index contributed by atoms with van der Waals surface area (Å²) in [6, 6.07) is -0.496. The van der Waals surface area contributed by atoms with Crippen LogP contribution in [0.4, 0.5) is 4.79 Å². The lowest BCUT2D eigenvalue weighted by atomic mass is 9.96. The second-order valence-corrected chi connectivity index (χ2v) is 5.54. The minimum absolute atomic E-state index is 0.0450. The molecule has 118 valence electrons. The number of morpholine rings is 1. The average molecular weight is 300 g/mol. The number of hydrogen-bond donors (Lipinski definition) is 2. The molecule has 0 aromatic carbocycles. The molecule has 1 aliphatic carbocycles. The smallest absolute Gasteiger partial charge is 0.336 e. The lowest BCUT2D eigenvalue weighted by Gasteiger charge is -2.35. The van der Waals surface area contributed by atoms with Crippen LogP contribution in [-0.4, -0.2) is 66.4 Å². The first-order valence-electron chi connectivity index (χ1n) is 6.88. The van der Waals surface area contributed by atoms with Gasteiger partial charge in [-0.3, -0.25) is 0 Å². The van der Waals surface area contributed by atoms with E-state index in [1.54, 1.807) is 0 Å². The molecule has 2 unspecified atom stereocenters. The number of rotatable bonds is 4. The highest BCUT2D eigenvalue weighted by atomic mass is 16.6. The molecule has 2 rings (SSSR count). The summed E-state index contributed by atoms with van der Waals surface area (Å²) in [5.74, 6) is -1.64. The van der Waals surface area contributed by atoms with Gasteiger partial charge in [0.2, 0.25) is 0 Å². The molecule has 0 aromatic heterocycles. The van der Waals surface area contributed by atoms with E-state index in [9.17, 15) is 19.5 Å². The third kappa shape index (κ3) is 3.26. The van der Waals surface area contributed by atoms with Gasteiger partial charge in [0.1, 0.15) is 5.54 Å². The molecule has 1 heterocycles. The molecule has 1 saturated carbocycles. The predicted octanol–water partition coefficient (Wildman–Crippen LogP) is -0.177. The van der Waals surface area contributed by atoms with E-state index in [-0.39, 0.29) is 19.1 Å². The van der Waals surface area contributed by atoms with Gasteiger partial charge >= 0.3 is 18.0 Å². The molecule has 1 saturated heterocycles. The Kier molecular flexibility index (Phi) is 4.36. The zero-order valence-electron chi connectivity index (χ0n) is 12.1. The van der Waals surface area contributed by atoms with Gasteiger partial charge in [-0.05, 0) is 25.7 Å². The molecule has 2 N–H and O–H groups in total. The molecule has 21 heavy (non-hydrogen) atoms. The van der Waals surface area contributed by atoms with Gasteiger partial charge < -0.3 is 24.8 Å². The summed E-state index contributed by atoms with van der Waals surface area (Å²) >= 11 is 0. The van der Waals surface area contributed by atoms with Crippen LogP contribution in [0.3, 0.4) is 0 Å². The number of carbonyl (C=O) groups is 3. The van der Waals surface area contributed by atoms with Gasteiger partial charge in [-0.2, -0.15) is 0 Å². The van der Waals surface area contributed by atoms with Crippen molar-refractivity contribution in [2.24, 2.45) is 5.92 Å². The van der Waals surface area contributed by atoms with Gasteiger partial charge in [-0.15, -0.1) is 0 Å². The van der Waals surface area contributed by atoms with Gasteiger partial charge in [-0.1, -0.05) is 0 Å². The van der Waals surface area contributed by atoms with Gasteiger partial charge in [0.15, 0.2) is 6.10 Å². The Balaban J connectivity index is 1.99. The quantitative estimate of drug-likeness (QED) is 0.698. The highest BCUT2D eigenvalue weighted by molar-refractivity contribution is 5.87. The summed E-state index contributed by atoms with van der Waals surface area (Å²) in [5, 5.41) is 11.9. The first-order chi connectivity index (χ1) is 9.88. The Morgan fingerprint density at radius 2 is 2.05 bits per heavy atom. The number of amides is 2. The van der Waals surface area contributed by atoms with Gasteiger partial charge in [-0.25, -0.2) is 14.4 Å². The predicted molar refractivity (Wildman–Crippen MR) is 70.6 cm³/mol. The molecule has 8 heteroatoms. The minimum atomic E-state index is -1.27. The number of carbonyl (C=O) groups excluding carboxylic acids is 2. The first kappa shape index (κ1) is 15.6. The van der Waals surface area contributed by atoms with Crippen molar-refractivity contribution >= 4 is 18.0 Å². The van der Waals surface area contributed by atoms with Crippen LogP contribution in [0.15, 0.2) is 0 Å². The molecule has 0 spiro atoms. The van der Waals surface area contributed by atoms with Crippen molar-refractivity contribution in [1.82, 2.24) is 10.2 Å². The van der Waals surface area contributed by atoms with Crippen molar-refractivity contribution in [1.29, 1.82) is 0 Å². The molecule has 1 aliphatic heterocycles. The fourth-order valence-electron chi connectivity index (χ4n) is 2.40. The summed E-state index contributed by atoms with van der Waals surface area (Å²) in [5.41, 5.74) is -1.27. The van der Waals surface area contributed by atoms with Crippen molar-refractivity contribution in [3.8, 4) is 0 Å². The normalized spacial score (nSPS) is 24.9. The van der Waals surface area contributed by atoms with E-state index < -0.39 is 29.6 Å². The van der Waals surface area contributed by atoms with Crippen molar-refractivity contribution < 1.29 is 29.0 Å². The molecular formula is C13H20N2O6. The third-order valence-electron chi connectivity index (χ3n) is 4.02. The number of carboxylic acids is 1. The fraction of sp³-hybridized carbons (Fsp3) is 0.769. The number of carboxylic acid groups (broad SMARTS) is 1. The van der Waals surface area contributed by atoms with E-state index in [1.807, 2.05) is 0 Å². The third-order valence-corrected chi connectivity index (χ3v) is 4.02. The SMILES string of the molecule is COC(=O)C1CN(C(=O)NC(C)(C(=O)O)C2CC2)CCO1. The summed E-state index contributed by atoms with van der Waals surface area (Å²) in [6.07, 6.45) is 0.750. The van der Waals surface area contributed by atoms with Crippen LogP contribution in [-0.2, 0) is 19.1 Å². The Morgan fingerprint density at radius 1 is 1.38 bits per heavy atom. The van der Waals surface area contributed by atoms with E-state index in [4.69, 9.17) is 4.74 Å². The summed E-state index contributed by atoms with van der Waals surface area (Å²) in [7, 11) is 1.25. The number of nitrogens with zero attached hydrogens (tertiary/aromatic N) is 1. The van der Waals surface area contributed by atoms with Crippen molar-refractivity contribution in [3.63, 3.8) is 0 Å². The number of esters is 1. The topological polar surface area (TPSA) is 105 Å². The average Bonchev–Trinajstić information content (AvgIpc) is 3.31. The monoisotopic (exact) mass is 300 g/mol. The summed E-state index contributed by atoms with van der Waals surface area (Å²) in [4.78, 5) is 36.5. The molecule has 2 aliphatic rings. The van der Waals surface area contributed by atoms with Gasteiger partial charge in [0.05, 0.1) is 20.3 Å². The molecule has 0 bridgehead atoms. The van der Waals surface area contributed by atoms with Crippen LogP contribution < -0.4 is 5.32 Å². The van der Waals surface area contributed by atoms with Crippen LogP contribution >= 0.6 is 0 Å². The standard InChI is InChI=1S/C13H20N2O6/c1-13(11(17)18,8-3-4-8)14-12(19)15-5-6-21-9(7-15)10(16)20-2/h8-9H,3-7H2,1-2H3,(H,14,19)(H,17,18). The lowest BCUT2D eigenvalue weighted by molar-refractivity contribution is -0.158. The highest BCUT2D eigenvalue weighted by Gasteiger charge is 2.49. The molecule has 2 amide bonds. The van der Waals surface area contributed by atoms with Crippen LogP contribution in [0.1, 0.15) is 19.8 Å². The first-order valence-corrected chi connectivity index (χ1v) is 6.88. The van der Waals surface area contributed by atoms with Crippen molar-refractivity contribution in [2.45, 2.75) is 31.4 Å². The Hall–Kier alpha value is -1.83. The van der Waals surface area contributed by atoms with Gasteiger partial charge in [0, 0.05) is 6.54 Å². The lowest BCUT2D eigenvalue weighted by Crippen LogP contribution is -2.60. The molecular weight excluding hydrogens is 280 g/mol. The second-order valence-electron chi connectivity index (χ2n) is 5.54. The number of nitrogens with one attached hydrogen (secondary N) is 1. The van der Waals surface area contributed by atoms with Crippen LogP contribution in [0.2, 0.25) is 0 Å². The van der Waals surface area contributed by atoms with Gasteiger partial charge in [0.25, 0.3) is 0 Å². The van der Waals surface area contributed by atoms with Crippen LogP contribution in [0.5, 0.6) is 0 Å². The Morgan fingerprint density at radius 3 is 2.57 bits per heavy atom. The number of methoxy groups -OCH3 is 1. The van der Waals surface area contributed by atoms with E-state index in [1.165, 1.54) is 18.9 Å². The van der Waals surface area contributed by atoms with E-state index >= 15 is 0 Å². The molecule has 2 atom stereocenters. The fourth-order valence-corrected chi connectivity index (χ4v) is 2.40. The second kappa shape index (κ2) is 5.88. The Labute approximate surface area is 122 Å². The number of hydrogen-bond acceptors (Lipinski definition) is 5. The van der Waals surface area contributed by atoms with Crippen LogP contribution in [0.25, 0.3) is 0 Å². The maximum absolute atomic E-state index is 12.3. The van der Waals surface area contributed by atoms with E-state index in [2.05, 4.69) is 10.1 Å². The maximum atomic E-state index is 12.3. The minimum Gasteiger partial charge on any atom is -0.480 e. The summed E-state index contributed by atoms with van der Waals surface area (Å²) in [6.45, 7) is 2.09. The number of ether oxygens (including phenoxy) is 2. The van der Waals surface area contributed by atoms with E-state index in [0.29, 0.717) is 6.54 Å². The molecule has 8 nitrogen and oxygen atoms in total.